The monoisotopic (exact) mass is 190 g/mol. The molecule has 0 aliphatic heterocycles. The number of rotatable bonds is 4. The first-order valence-electron chi connectivity index (χ1n) is 4.60. The third-order valence-corrected chi connectivity index (χ3v) is 2.01. The zero-order chi connectivity index (χ0) is 10.4. The van der Waals surface area contributed by atoms with Crippen molar-refractivity contribution < 1.29 is 9.53 Å². The van der Waals surface area contributed by atoms with Gasteiger partial charge in [-0.1, -0.05) is 19.1 Å². The molecule has 0 aliphatic carbocycles. The lowest BCUT2D eigenvalue weighted by Crippen LogP contribution is -1.85. The topological polar surface area (TPSA) is 26.3 Å². The number of ether oxygens (including phenoxy) is 1. The molecule has 1 aromatic carbocycles. The highest BCUT2D eigenvalue weighted by Crippen LogP contribution is 2.15. The first-order chi connectivity index (χ1) is 6.80. The fourth-order valence-corrected chi connectivity index (χ4v) is 1.16. The maximum Gasteiger partial charge on any atom is 0.146 e. The van der Waals surface area contributed by atoms with Crippen LogP contribution in [0.5, 0.6) is 5.75 Å². The largest absolute Gasteiger partial charge is 0.497 e. The predicted molar refractivity (Wildman–Crippen MR) is 57.3 cm³/mol. The Morgan fingerprint density at radius 1 is 1.50 bits per heavy atom. The number of carbonyl (C=O) groups is 1. The van der Waals surface area contributed by atoms with Crippen molar-refractivity contribution in [2.45, 2.75) is 13.3 Å². The number of methoxy groups -OCH3 is 1. The summed E-state index contributed by atoms with van der Waals surface area (Å²) >= 11 is 0. The number of allylic oxidation sites excluding steroid dienone is 1. The molecule has 14 heavy (non-hydrogen) atoms. The van der Waals surface area contributed by atoms with E-state index in [1.807, 2.05) is 37.3 Å². The summed E-state index contributed by atoms with van der Waals surface area (Å²) in [6.07, 6.45) is 3.51. The average Bonchev–Trinajstić information content (AvgIpc) is 2.26. The standard InChI is InChI=1S/C12H14O2/c1-3-10(9-13)7-11-5-4-6-12(8-11)14-2/h4-9H,3H2,1-2H3/b10-7+. The highest BCUT2D eigenvalue weighted by Gasteiger charge is 1.95. The van der Waals surface area contributed by atoms with Crippen LogP contribution in [0.3, 0.4) is 0 Å². The number of hydrogen-bond donors (Lipinski definition) is 0. The number of aldehydes is 1. The molecule has 0 bridgehead atoms. The van der Waals surface area contributed by atoms with Crippen molar-refractivity contribution in [1.82, 2.24) is 0 Å². The van der Waals surface area contributed by atoms with E-state index in [0.717, 1.165) is 29.6 Å². The molecule has 74 valence electrons. The van der Waals surface area contributed by atoms with Gasteiger partial charge >= 0.3 is 0 Å². The Morgan fingerprint density at radius 3 is 2.86 bits per heavy atom. The van der Waals surface area contributed by atoms with Crippen LogP contribution in [-0.4, -0.2) is 13.4 Å². The van der Waals surface area contributed by atoms with Crippen molar-refractivity contribution in [3.8, 4) is 5.75 Å². The van der Waals surface area contributed by atoms with Crippen molar-refractivity contribution >= 4 is 12.4 Å². The molecule has 0 saturated carbocycles. The molecule has 0 saturated heterocycles. The highest BCUT2D eigenvalue weighted by molar-refractivity contribution is 5.81. The van der Waals surface area contributed by atoms with Gasteiger partial charge in [-0.05, 0) is 35.8 Å². The Morgan fingerprint density at radius 2 is 2.29 bits per heavy atom. The van der Waals surface area contributed by atoms with Crippen LogP contribution in [0.15, 0.2) is 29.8 Å². The quantitative estimate of drug-likeness (QED) is 0.539. The summed E-state index contributed by atoms with van der Waals surface area (Å²) in [7, 11) is 1.63. The molecule has 0 spiro atoms. The molecule has 0 atom stereocenters. The van der Waals surface area contributed by atoms with E-state index in [1.54, 1.807) is 7.11 Å². The Bertz CT molecular complexity index is 340. The fourth-order valence-electron chi connectivity index (χ4n) is 1.16. The molecule has 0 aromatic heterocycles. The van der Waals surface area contributed by atoms with Gasteiger partial charge in [0.1, 0.15) is 12.0 Å². The van der Waals surface area contributed by atoms with E-state index in [2.05, 4.69) is 0 Å². The van der Waals surface area contributed by atoms with Gasteiger partial charge in [0, 0.05) is 0 Å². The minimum absolute atomic E-state index is 0.751. The molecule has 0 N–H and O–H groups in total. The lowest BCUT2D eigenvalue weighted by Gasteiger charge is -2.00. The molecule has 2 nitrogen and oxygen atoms in total. The second-order valence-corrected chi connectivity index (χ2v) is 2.97. The van der Waals surface area contributed by atoms with Gasteiger partial charge < -0.3 is 4.74 Å². The van der Waals surface area contributed by atoms with Crippen LogP contribution < -0.4 is 4.74 Å². The average molecular weight is 190 g/mol. The molecule has 0 radical (unpaired) electrons. The zero-order valence-corrected chi connectivity index (χ0v) is 8.49. The second-order valence-electron chi connectivity index (χ2n) is 2.97. The van der Waals surface area contributed by atoms with E-state index in [-0.39, 0.29) is 0 Å². The van der Waals surface area contributed by atoms with Crippen LogP contribution in [0.2, 0.25) is 0 Å². The molecule has 0 fully saturated rings. The van der Waals surface area contributed by atoms with Crippen LogP contribution in [-0.2, 0) is 4.79 Å². The van der Waals surface area contributed by atoms with E-state index < -0.39 is 0 Å². The third-order valence-electron chi connectivity index (χ3n) is 2.01. The molecule has 0 aliphatic rings. The highest BCUT2D eigenvalue weighted by atomic mass is 16.5. The lowest BCUT2D eigenvalue weighted by atomic mass is 10.1. The Hall–Kier alpha value is -1.57. The lowest BCUT2D eigenvalue weighted by molar-refractivity contribution is -0.104. The first kappa shape index (κ1) is 10.5. The van der Waals surface area contributed by atoms with Crippen molar-refractivity contribution in [1.29, 1.82) is 0 Å². The van der Waals surface area contributed by atoms with Crippen molar-refractivity contribution in [2.75, 3.05) is 7.11 Å². The van der Waals surface area contributed by atoms with Gasteiger partial charge in [0.15, 0.2) is 0 Å². The number of benzene rings is 1. The third kappa shape index (κ3) is 2.73. The van der Waals surface area contributed by atoms with Gasteiger partial charge in [-0.15, -0.1) is 0 Å². The normalized spacial score (nSPS) is 11.1. The molecule has 1 rings (SSSR count). The fraction of sp³-hybridized carbons (Fsp3) is 0.250. The molecule has 0 amide bonds. The van der Waals surface area contributed by atoms with Crippen LogP contribution in [0.4, 0.5) is 0 Å². The van der Waals surface area contributed by atoms with Gasteiger partial charge in [-0.3, -0.25) is 4.79 Å². The van der Waals surface area contributed by atoms with E-state index >= 15 is 0 Å². The maximum atomic E-state index is 10.6. The summed E-state index contributed by atoms with van der Waals surface area (Å²) in [5.74, 6) is 0.806. The summed E-state index contributed by atoms with van der Waals surface area (Å²) in [5.41, 5.74) is 1.78. The predicted octanol–water partition coefficient (Wildman–Crippen LogP) is 2.69. The summed E-state index contributed by atoms with van der Waals surface area (Å²) in [5, 5.41) is 0. The Labute approximate surface area is 84.2 Å². The van der Waals surface area contributed by atoms with Crippen LogP contribution in [0.1, 0.15) is 18.9 Å². The Balaban J connectivity index is 2.95. The van der Waals surface area contributed by atoms with Gasteiger partial charge in [0.25, 0.3) is 0 Å². The molecular formula is C12H14O2. The smallest absolute Gasteiger partial charge is 0.146 e. The summed E-state index contributed by atoms with van der Waals surface area (Å²) in [6.45, 7) is 1.96. The van der Waals surface area contributed by atoms with Gasteiger partial charge in [-0.2, -0.15) is 0 Å². The molecular weight excluding hydrogens is 176 g/mol. The molecule has 2 heteroatoms. The summed E-state index contributed by atoms with van der Waals surface area (Å²) < 4.78 is 5.09. The van der Waals surface area contributed by atoms with E-state index in [1.165, 1.54) is 0 Å². The van der Waals surface area contributed by atoms with Gasteiger partial charge in [-0.25, -0.2) is 0 Å². The van der Waals surface area contributed by atoms with Crippen molar-refractivity contribution in [2.24, 2.45) is 0 Å². The Kier molecular flexibility index (Phi) is 3.92. The SMILES string of the molecule is CC/C(C=O)=C\c1cccc(OC)c1. The van der Waals surface area contributed by atoms with Crippen LogP contribution in [0.25, 0.3) is 6.08 Å². The van der Waals surface area contributed by atoms with E-state index in [0.29, 0.717) is 0 Å². The maximum absolute atomic E-state index is 10.6. The second kappa shape index (κ2) is 5.22. The first-order valence-corrected chi connectivity index (χ1v) is 4.60. The van der Waals surface area contributed by atoms with Crippen molar-refractivity contribution in [3.63, 3.8) is 0 Å². The van der Waals surface area contributed by atoms with Crippen LogP contribution >= 0.6 is 0 Å². The number of hydrogen-bond acceptors (Lipinski definition) is 2. The van der Waals surface area contributed by atoms with Gasteiger partial charge in [0.2, 0.25) is 0 Å². The molecule has 0 heterocycles. The van der Waals surface area contributed by atoms with Gasteiger partial charge in [0.05, 0.1) is 7.11 Å². The molecule has 1 aromatic rings. The summed E-state index contributed by atoms with van der Waals surface area (Å²) in [6, 6.07) is 7.63. The van der Waals surface area contributed by atoms with Crippen molar-refractivity contribution in [3.05, 3.63) is 35.4 Å². The van der Waals surface area contributed by atoms with Crippen LogP contribution in [0, 0.1) is 0 Å². The minimum atomic E-state index is 0.751. The van der Waals surface area contributed by atoms with E-state index in [9.17, 15) is 4.79 Å². The number of carbonyl (C=O) groups excluding carboxylic acids is 1. The van der Waals surface area contributed by atoms with E-state index in [4.69, 9.17) is 4.74 Å². The summed E-state index contributed by atoms with van der Waals surface area (Å²) in [4.78, 5) is 10.6. The zero-order valence-electron chi connectivity index (χ0n) is 8.49. The molecule has 0 unspecified atom stereocenters. The minimum Gasteiger partial charge on any atom is -0.497 e.